The Balaban J connectivity index is 1.86. The molecule has 0 fully saturated rings. The maximum atomic E-state index is 11.8. The number of para-hydroxylation sites is 1. The summed E-state index contributed by atoms with van der Waals surface area (Å²) in [7, 11) is 1.38. The molecule has 2 aromatic carbocycles. The second kappa shape index (κ2) is 6.15. The molecule has 1 heterocycles. The van der Waals surface area contributed by atoms with Crippen LogP contribution in [0.5, 0.6) is 11.5 Å². The van der Waals surface area contributed by atoms with Crippen LogP contribution in [-0.2, 0) is 9.53 Å². The molecule has 0 spiro atoms. The third kappa shape index (κ3) is 2.94. The van der Waals surface area contributed by atoms with Crippen molar-refractivity contribution in [2.75, 3.05) is 12.4 Å². The van der Waals surface area contributed by atoms with Crippen LogP contribution in [0, 0.1) is 0 Å². The van der Waals surface area contributed by atoms with Crippen LogP contribution in [0.15, 0.2) is 64.0 Å². The monoisotopic (exact) mass is 313 g/mol. The van der Waals surface area contributed by atoms with E-state index < -0.39 is 0 Å². The molecule has 0 aromatic heterocycles. The summed E-state index contributed by atoms with van der Waals surface area (Å²) in [6.07, 6.45) is 0. The number of carbonyl (C=O) groups is 1. The summed E-state index contributed by atoms with van der Waals surface area (Å²) < 4.78 is 10.6. The molecule has 0 saturated carbocycles. The molecule has 3 rings (SSSR count). The summed E-state index contributed by atoms with van der Waals surface area (Å²) in [5.74, 6) is 1.16. The first-order valence-corrected chi connectivity index (χ1v) is 7.60. The quantitative estimate of drug-likeness (QED) is 0.851. The first-order valence-electron chi connectivity index (χ1n) is 6.78. The lowest BCUT2D eigenvalue weighted by Crippen LogP contribution is -2.12. The van der Waals surface area contributed by atoms with Crippen molar-refractivity contribution < 1.29 is 14.3 Å². The van der Waals surface area contributed by atoms with Crippen molar-refractivity contribution in [3.05, 3.63) is 59.1 Å². The molecule has 0 atom stereocenters. The van der Waals surface area contributed by atoms with Gasteiger partial charge in [0.05, 0.1) is 12.8 Å². The van der Waals surface area contributed by atoms with Gasteiger partial charge < -0.3 is 14.8 Å². The number of esters is 1. The third-order valence-corrected chi connectivity index (χ3v) is 4.41. The van der Waals surface area contributed by atoms with Gasteiger partial charge in [0.15, 0.2) is 0 Å². The fraction of sp³-hybridized carbons (Fsp3) is 0.118. The summed E-state index contributed by atoms with van der Waals surface area (Å²) in [4.78, 5) is 13.3. The van der Waals surface area contributed by atoms with E-state index in [4.69, 9.17) is 9.47 Å². The van der Waals surface area contributed by atoms with Gasteiger partial charge in [-0.15, -0.1) is 0 Å². The number of anilines is 1. The van der Waals surface area contributed by atoms with Crippen LogP contribution < -0.4 is 10.1 Å². The van der Waals surface area contributed by atoms with Crippen molar-refractivity contribution in [1.29, 1.82) is 0 Å². The molecule has 0 radical (unpaired) electrons. The van der Waals surface area contributed by atoms with Gasteiger partial charge in [0.2, 0.25) is 0 Å². The lowest BCUT2D eigenvalue weighted by molar-refractivity contribution is -0.135. The van der Waals surface area contributed by atoms with Gasteiger partial charge in [0, 0.05) is 10.6 Å². The highest BCUT2D eigenvalue weighted by Gasteiger charge is 2.22. The number of rotatable bonds is 3. The predicted octanol–water partition coefficient (Wildman–Crippen LogP) is 4.40. The number of thioether (sulfide) groups is 1. The number of methoxy groups -OCH3 is 1. The zero-order valence-electron chi connectivity index (χ0n) is 12.3. The Kier molecular flexibility index (Phi) is 4.06. The van der Waals surface area contributed by atoms with E-state index in [1.165, 1.54) is 18.9 Å². The molecule has 112 valence electrons. The maximum Gasteiger partial charge on any atom is 0.346 e. The van der Waals surface area contributed by atoms with Crippen molar-refractivity contribution in [3.63, 3.8) is 0 Å². The average molecular weight is 313 g/mol. The largest absolute Gasteiger partial charge is 0.465 e. The van der Waals surface area contributed by atoms with Gasteiger partial charge in [-0.2, -0.15) is 0 Å². The number of carbonyl (C=O) groups excluding carboxylic acids is 1. The maximum absolute atomic E-state index is 11.8. The molecule has 22 heavy (non-hydrogen) atoms. The molecule has 0 aliphatic carbocycles. The number of ether oxygens (including phenoxy) is 2. The van der Waals surface area contributed by atoms with Crippen LogP contribution in [0.1, 0.15) is 6.92 Å². The van der Waals surface area contributed by atoms with E-state index in [0.29, 0.717) is 4.91 Å². The Morgan fingerprint density at radius 1 is 1.09 bits per heavy atom. The van der Waals surface area contributed by atoms with E-state index in [0.717, 1.165) is 27.8 Å². The minimum atomic E-state index is -0.338. The molecule has 0 amide bonds. The summed E-state index contributed by atoms with van der Waals surface area (Å²) in [5.41, 5.74) is 1.75. The van der Waals surface area contributed by atoms with Gasteiger partial charge in [0.25, 0.3) is 0 Å². The SMILES string of the molecule is COC(=O)C1=C(C)Nc2ccc(Oc3ccccc3)cc2S1. The smallest absolute Gasteiger partial charge is 0.346 e. The number of allylic oxidation sites excluding steroid dienone is 1. The van der Waals surface area contributed by atoms with Crippen LogP contribution >= 0.6 is 11.8 Å². The van der Waals surface area contributed by atoms with Crippen LogP contribution in [0.2, 0.25) is 0 Å². The number of fused-ring (bicyclic) bond motifs is 1. The molecule has 5 heteroatoms. The Morgan fingerprint density at radius 3 is 2.59 bits per heavy atom. The minimum Gasteiger partial charge on any atom is -0.465 e. The molecule has 2 aromatic rings. The standard InChI is InChI=1S/C17H15NO3S/c1-11-16(17(19)20-2)22-15-10-13(8-9-14(15)18-11)21-12-6-4-3-5-7-12/h3-10,18H,1-2H3. The lowest BCUT2D eigenvalue weighted by atomic mass is 10.2. The topological polar surface area (TPSA) is 47.6 Å². The molecule has 4 nitrogen and oxygen atoms in total. The van der Waals surface area contributed by atoms with Gasteiger partial charge in [-0.3, -0.25) is 0 Å². The molecule has 0 unspecified atom stereocenters. The van der Waals surface area contributed by atoms with Crippen molar-refractivity contribution in [3.8, 4) is 11.5 Å². The van der Waals surface area contributed by atoms with Crippen LogP contribution in [0.25, 0.3) is 0 Å². The van der Waals surface area contributed by atoms with Crippen LogP contribution in [0.3, 0.4) is 0 Å². The molecular formula is C17H15NO3S. The second-order valence-corrected chi connectivity index (χ2v) is 5.80. The number of nitrogens with one attached hydrogen (secondary N) is 1. The summed E-state index contributed by atoms with van der Waals surface area (Å²) in [5, 5.41) is 3.22. The highest BCUT2D eigenvalue weighted by Crippen LogP contribution is 2.42. The Morgan fingerprint density at radius 2 is 1.86 bits per heavy atom. The zero-order chi connectivity index (χ0) is 15.5. The summed E-state index contributed by atoms with van der Waals surface area (Å²) in [6, 6.07) is 15.3. The van der Waals surface area contributed by atoms with Crippen molar-refractivity contribution in [1.82, 2.24) is 0 Å². The lowest BCUT2D eigenvalue weighted by Gasteiger charge is -2.21. The Bertz CT molecular complexity index is 741. The van der Waals surface area contributed by atoms with E-state index in [1.807, 2.05) is 55.5 Å². The fourth-order valence-corrected chi connectivity index (χ4v) is 3.11. The van der Waals surface area contributed by atoms with Crippen LogP contribution in [0.4, 0.5) is 5.69 Å². The van der Waals surface area contributed by atoms with Gasteiger partial charge in [-0.05, 0) is 37.3 Å². The van der Waals surface area contributed by atoms with Crippen molar-refractivity contribution >= 4 is 23.4 Å². The van der Waals surface area contributed by atoms with E-state index >= 15 is 0 Å². The number of hydrogen-bond donors (Lipinski definition) is 1. The summed E-state index contributed by atoms with van der Waals surface area (Å²) >= 11 is 1.39. The third-order valence-electron chi connectivity index (χ3n) is 3.18. The molecule has 1 aliphatic rings. The van der Waals surface area contributed by atoms with Gasteiger partial charge in [-0.25, -0.2) is 4.79 Å². The molecule has 0 bridgehead atoms. The van der Waals surface area contributed by atoms with Gasteiger partial charge >= 0.3 is 5.97 Å². The normalized spacial score (nSPS) is 13.2. The first kappa shape index (κ1) is 14.5. The Labute approximate surface area is 133 Å². The van der Waals surface area contributed by atoms with E-state index in [-0.39, 0.29) is 5.97 Å². The predicted molar refractivity (Wildman–Crippen MR) is 87.2 cm³/mol. The highest BCUT2D eigenvalue weighted by molar-refractivity contribution is 8.04. The average Bonchev–Trinajstić information content (AvgIpc) is 2.55. The number of hydrogen-bond acceptors (Lipinski definition) is 5. The molecular weight excluding hydrogens is 298 g/mol. The molecule has 0 saturated heterocycles. The number of benzene rings is 2. The first-order chi connectivity index (χ1) is 10.7. The molecule has 1 aliphatic heterocycles. The van der Waals surface area contributed by atoms with Gasteiger partial charge in [-0.1, -0.05) is 30.0 Å². The minimum absolute atomic E-state index is 0.338. The van der Waals surface area contributed by atoms with Crippen LogP contribution in [-0.4, -0.2) is 13.1 Å². The second-order valence-electron chi connectivity index (χ2n) is 4.75. The van der Waals surface area contributed by atoms with E-state index in [9.17, 15) is 4.79 Å². The van der Waals surface area contributed by atoms with E-state index in [2.05, 4.69) is 5.32 Å². The van der Waals surface area contributed by atoms with E-state index in [1.54, 1.807) is 0 Å². The fourth-order valence-electron chi connectivity index (χ4n) is 2.11. The zero-order valence-corrected chi connectivity index (χ0v) is 13.1. The molecule has 1 N–H and O–H groups in total. The van der Waals surface area contributed by atoms with Crippen molar-refractivity contribution in [2.24, 2.45) is 0 Å². The van der Waals surface area contributed by atoms with Gasteiger partial charge in [0.1, 0.15) is 16.4 Å². The highest BCUT2D eigenvalue weighted by atomic mass is 32.2. The summed E-state index contributed by atoms with van der Waals surface area (Å²) in [6.45, 7) is 1.86. The van der Waals surface area contributed by atoms with Crippen molar-refractivity contribution in [2.45, 2.75) is 11.8 Å². The Hall–Kier alpha value is -2.40.